The molecule has 0 bridgehead atoms. The Kier molecular flexibility index (Phi) is 3.01. The third-order valence-corrected chi connectivity index (χ3v) is 3.14. The highest BCUT2D eigenvalue weighted by atomic mass is 15.0. The molecular formula is C15H16N4. The smallest absolute Gasteiger partial charge is 0.177 e. The lowest BCUT2D eigenvalue weighted by Crippen LogP contribution is -2.14. The summed E-state index contributed by atoms with van der Waals surface area (Å²) >= 11 is 0. The monoisotopic (exact) mass is 252 g/mol. The lowest BCUT2D eigenvalue weighted by Gasteiger charge is -2.08. The van der Waals surface area contributed by atoms with Crippen LogP contribution in [0, 0.1) is 6.92 Å². The van der Waals surface area contributed by atoms with Gasteiger partial charge in [0.25, 0.3) is 0 Å². The zero-order valence-corrected chi connectivity index (χ0v) is 10.8. The summed E-state index contributed by atoms with van der Waals surface area (Å²) in [5, 5.41) is 0. The summed E-state index contributed by atoms with van der Waals surface area (Å²) in [7, 11) is 0. The molecule has 0 aliphatic carbocycles. The van der Waals surface area contributed by atoms with E-state index in [1.165, 1.54) is 5.56 Å². The number of hydrogen-bond acceptors (Lipinski definition) is 3. The molecule has 0 aliphatic rings. The van der Waals surface area contributed by atoms with Gasteiger partial charge in [0.1, 0.15) is 5.82 Å². The number of H-pyrrole nitrogens is 1. The van der Waals surface area contributed by atoms with E-state index in [1.807, 2.05) is 37.4 Å². The Hall–Kier alpha value is -2.20. The van der Waals surface area contributed by atoms with Gasteiger partial charge in [0.05, 0.1) is 11.6 Å². The molecule has 96 valence electrons. The van der Waals surface area contributed by atoms with E-state index in [9.17, 15) is 0 Å². The van der Waals surface area contributed by atoms with Crippen LogP contribution in [0.5, 0.6) is 0 Å². The lowest BCUT2D eigenvalue weighted by atomic mass is 10.1. The van der Waals surface area contributed by atoms with Crippen LogP contribution in [0.4, 0.5) is 0 Å². The van der Waals surface area contributed by atoms with Gasteiger partial charge in [0, 0.05) is 6.20 Å². The highest BCUT2D eigenvalue weighted by molar-refractivity contribution is 5.71. The van der Waals surface area contributed by atoms with E-state index in [0.717, 1.165) is 29.0 Å². The molecule has 0 saturated heterocycles. The van der Waals surface area contributed by atoms with E-state index < -0.39 is 0 Å². The van der Waals surface area contributed by atoms with Crippen molar-refractivity contribution in [2.45, 2.75) is 19.4 Å². The first kappa shape index (κ1) is 11.9. The Morgan fingerprint density at radius 1 is 1.26 bits per heavy atom. The summed E-state index contributed by atoms with van der Waals surface area (Å²) in [6, 6.07) is 12.1. The number of aromatic nitrogens is 3. The zero-order chi connectivity index (χ0) is 13.2. The average Bonchev–Trinajstić information content (AvgIpc) is 2.83. The summed E-state index contributed by atoms with van der Waals surface area (Å²) in [4.78, 5) is 12.0. The fourth-order valence-electron chi connectivity index (χ4n) is 2.16. The van der Waals surface area contributed by atoms with E-state index >= 15 is 0 Å². The quantitative estimate of drug-likeness (QED) is 0.752. The maximum atomic E-state index is 6.21. The summed E-state index contributed by atoms with van der Waals surface area (Å²) in [5.74, 6) is 0.789. The summed E-state index contributed by atoms with van der Waals surface area (Å²) in [6.45, 7) is 2.01. The number of nitrogens with two attached hydrogens (primary N) is 1. The van der Waals surface area contributed by atoms with E-state index in [4.69, 9.17) is 5.73 Å². The lowest BCUT2D eigenvalue weighted by molar-refractivity contribution is 0.680. The topological polar surface area (TPSA) is 67.6 Å². The molecule has 1 aromatic carbocycles. The maximum absolute atomic E-state index is 6.21. The van der Waals surface area contributed by atoms with Gasteiger partial charge in [0.2, 0.25) is 0 Å². The highest BCUT2D eigenvalue weighted by Gasteiger charge is 2.12. The number of hydrogen-bond donors (Lipinski definition) is 2. The van der Waals surface area contributed by atoms with Crippen molar-refractivity contribution in [2.75, 3.05) is 0 Å². The minimum Gasteiger partial charge on any atom is -0.339 e. The van der Waals surface area contributed by atoms with Crippen molar-refractivity contribution < 1.29 is 0 Å². The third kappa shape index (κ3) is 2.48. The van der Waals surface area contributed by atoms with Crippen LogP contribution in [0.2, 0.25) is 0 Å². The second-order valence-corrected chi connectivity index (χ2v) is 4.80. The van der Waals surface area contributed by atoms with Gasteiger partial charge in [0.15, 0.2) is 5.65 Å². The molecule has 0 aliphatic heterocycles. The number of benzene rings is 1. The van der Waals surface area contributed by atoms with E-state index in [1.54, 1.807) is 0 Å². The number of nitrogens with one attached hydrogen (secondary N) is 1. The van der Waals surface area contributed by atoms with Gasteiger partial charge < -0.3 is 10.7 Å². The first-order valence-corrected chi connectivity index (χ1v) is 6.34. The molecule has 0 fully saturated rings. The minimum absolute atomic E-state index is 0.142. The highest BCUT2D eigenvalue weighted by Crippen LogP contribution is 2.17. The Morgan fingerprint density at radius 2 is 2.05 bits per heavy atom. The van der Waals surface area contributed by atoms with Crippen LogP contribution in [-0.2, 0) is 6.42 Å². The molecule has 2 aromatic heterocycles. The number of nitrogens with zero attached hydrogens (tertiary/aromatic N) is 2. The van der Waals surface area contributed by atoms with E-state index in [0.29, 0.717) is 0 Å². The van der Waals surface area contributed by atoms with Gasteiger partial charge in [-0.2, -0.15) is 0 Å². The van der Waals surface area contributed by atoms with Crippen molar-refractivity contribution >= 4 is 11.2 Å². The molecule has 3 aromatic rings. The Labute approximate surface area is 111 Å². The molecule has 3 rings (SSSR count). The number of pyridine rings is 1. The molecular weight excluding hydrogens is 236 g/mol. The normalized spacial score (nSPS) is 12.7. The van der Waals surface area contributed by atoms with Crippen molar-refractivity contribution in [1.29, 1.82) is 0 Å². The first-order chi connectivity index (χ1) is 9.22. The van der Waals surface area contributed by atoms with E-state index in [-0.39, 0.29) is 6.04 Å². The molecule has 0 radical (unpaired) electrons. The van der Waals surface area contributed by atoms with Crippen molar-refractivity contribution in [1.82, 2.24) is 15.0 Å². The van der Waals surface area contributed by atoms with Crippen molar-refractivity contribution in [3.63, 3.8) is 0 Å². The average molecular weight is 252 g/mol. The molecule has 2 heterocycles. The summed E-state index contributed by atoms with van der Waals surface area (Å²) in [6.07, 6.45) is 2.58. The Balaban J connectivity index is 1.87. The number of aryl methyl sites for hydroxylation is 1. The van der Waals surface area contributed by atoms with Gasteiger partial charge in [-0.25, -0.2) is 9.97 Å². The maximum Gasteiger partial charge on any atom is 0.177 e. The Bertz CT molecular complexity index is 688. The second kappa shape index (κ2) is 4.82. The second-order valence-electron chi connectivity index (χ2n) is 4.80. The molecule has 3 N–H and O–H groups in total. The molecule has 0 saturated carbocycles. The Morgan fingerprint density at radius 3 is 2.84 bits per heavy atom. The molecule has 0 amide bonds. The molecule has 1 atom stereocenters. The van der Waals surface area contributed by atoms with Crippen LogP contribution in [-0.4, -0.2) is 15.0 Å². The standard InChI is InChI=1S/C15H16N4/c1-10-7-13-15(17-9-10)19-14(18-13)12(16)8-11-5-3-2-4-6-11/h2-7,9,12H,8,16H2,1H3,(H,17,18,19). The number of imidazole rings is 1. The summed E-state index contributed by atoms with van der Waals surface area (Å²) in [5.41, 5.74) is 10.2. The van der Waals surface area contributed by atoms with Crippen LogP contribution >= 0.6 is 0 Å². The summed E-state index contributed by atoms with van der Waals surface area (Å²) < 4.78 is 0. The first-order valence-electron chi connectivity index (χ1n) is 6.34. The van der Waals surface area contributed by atoms with Gasteiger partial charge in [-0.1, -0.05) is 30.3 Å². The molecule has 1 unspecified atom stereocenters. The number of aromatic amines is 1. The van der Waals surface area contributed by atoms with Crippen LogP contribution in [0.1, 0.15) is 23.0 Å². The van der Waals surface area contributed by atoms with Crippen LogP contribution < -0.4 is 5.73 Å². The minimum atomic E-state index is -0.142. The molecule has 4 nitrogen and oxygen atoms in total. The zero-order valence-electron chi connectivity index (χ0n) is 10.8. The van der Waals surface area contributed by atoms with Crippen molar-refractivity contribution in [3.05, 3.63) is 59.5 Å². The van der Waals surface area contributed by atoms with Crippen LogP contribution in [0.15, 0.2) is 42.6 Å². The third-order valence-electron chi connectivity index (χ3n) is 3.14. The van der Waals surface area contributed by atoms with E-state index in [2.05, 4.69) is 27.1 Å². The molecule has 19 heavy (non-hydrogen) atoms. The fraction of sp³-hybridized carbons (Fsp3) is 0.200. The predicted octanol–water partition coefficient (Wildman–Crippen LogP) is 2.51. The van der Waals surface area contributed by atoms with Gasteiger partial charge >= 0.3 is 0 Å². The van der Waals surface area contributed by atoms with Gasteiger partial charge in [-0.15, -0.1) is 0 Å². The van der Waals surface area contributed by atoms with Crippen LogP contribution in [0.25, 0.3) is 11.2 Å². The fourth-order valence-corrected chi connectivity index (χ4v) is 2.16. The molecule has 0 spiro atoms. The predicted molar refractivity (Wildman–Crippen MR) is 75.7 cm³/mol. The number of rotatable bonds is 3. The SMILES string of the molecule is Cc1cnc2nc(C(N)Cc3ccccc3)[nH]c2c1. The molecule has 4 heteroatoms. The van der Waals surface area contributed by atoms with Gasteiger partial charge in [-0.3, -0.25) is 0 Å². The van der Waals surface area contributed by atoms with Crippen LogP contribution in [0.3, 0.4) is 0 Å². The van der Waals surface area contributed by atoms with Crippen molar-refractivity contribution in [3.8, 4) is 0 Å². The van der Waals surface area contributed by atoms with Crippen molar-refractivity contribution in [2.24, 2.45) is 5.73 Å². The largest absolute Gasteiger partial charge is 0.339 e. The van der Waals surface area contributed by atoms with Gasteiger partial charge in [-0.05, 0) is 30.5 Å². The number of fused-ring (bicyclic) bond motifs is 1.